The Bertz CT molecular complexity index is 575. The van der Waals surface area contributed by atoms with Gasteiger partial charge in [-0.2, -0.15) is 0 Å². The smallest absolute Gasteiger partial charge is 0.184 e. The molecule has 0 spiro atoms. The van der Waals surface area contributed by atoms with Gasteiger partial charge >= 0.3 is 0 Å². The van der Waals surface area contributed by atoms with E-state index in [0.29, 0.717) is 5.58 Å². The number of hydrogen-bond acceptors (Lipinski definition) is 5. The number of aromatic nitrogens is 4. The molecule has 0 saturated heterocycles. The second kappa shape index (κ2) is 3.39. The monoisotopic (exact) mass is 218 g/mol. The summed E-state index contributed by atoms with van der Waals surface area (Å²) in [6.45, 7) is 0. The Hall–Kier alpha value is -1.82. The van der Waals surface area contributed by atoms with Crippen LogP contribution >= 0.6 is 11.8 Å². The van der Waals surface area contributed by atoms with Crippen LogP contribution in [0.5, 0.6) is 0 Å². The first kappa shape index (κ1) is 8.49. The molecule has 74 valence electrons. The molecule has 0 amide bonds. The molecule has 6 heteroatoms. The van der Waals surface area contributed by atoms with Gasteiger partial charge in [-0.15, -0.1) is 0 Å². The van der Waals surface area contributed by atoms with Crippen LogP contribution in [0.2, 0.25) is 0 Å². The molecular weight excluding hydrogens is 212 g/mol. The van der Waals surface area contributed by atoms with Crippen molar-refractivity contribution in [1.29, 1.82) is 0 Å². The van der Waals surface area contributed by atoms with Crippen LogP contribution in [-0.4, -0.2) is 19.9 Å². The minimum Gasteiger partial charge on any atom is -0.460 e. The third-order valence-corrected chi connectivity index (χ3v) is 2.78. The number of furan rings is 1. The molecule has 0 aliphatic heterocycles. The summed E-state index contributed by atoms with van der Waals surface area (Å²) in [7, 11) is 0. The molecule has 0 aromatic carbocycles. The zero-order valence-electron chi connectivity index (χ0n) is 7.54. The Morgan fingerprint density at radius 1 is 1.27 bits per heavy atom. The molecule has 0 radical (unpaired) electrons. The molecule has 5 nitrogen and oxygen atoms in total. The maximum absolute atomic E-state index is 5.31. The molecule has 0 unspecified atom stereocenters. The lowest BCUT2D eigenvalue weighted by Crippen LogP contribution is -1.84. The number of aromatic amines is 1. The topological polar surface area (TPSA) is 67.6 Å². The van der Waals surface area contributed by atoms with Crippen molar-refractivity contribution < 1.29 is 4.42 Å². The van der Waals surface area contributed by atoms with Gasteiger partial charge in [0, 0.05) is 18.5 Å². The first-order valence-electron chi connectivity index (χ1n) is 4.29. The van der Waals surface area contributed by atoms with E-state index in [2.05, 4.69) is 19.9 Å². The van der Waals surface area contributed by atoms with E-state index in [4.69, 9.17) is 4.42 Å². The number of nitrogens with zero attached hydrogens (tertiary/aromatic N) is 3. The summed E-state index contributed by atoms with van der Waals surface area (Å²) in [6.07, 6.45) is 6.58. The first-order chi connectivity index (χ1) is 7.43. The SMILES string of the molecule is c1c[nH]c(Sc2ncnc3ccoc23)n1. The lowest BCUT2D eigenvalue weighted by molar-refractivity contribution is 0.603. The minimum atomic E-state index is 0.693. The maximum atomic E-state index is 5.31. The van der Waals surface area contributed by atoms with Crippen LogP contribution in [0.25, 0.3) is 11.1 Å². The third-order valence-electron chi connectivity index (χ3n) is 1.88. The van der Waals surface area contributed by atoms with E-state index < -0.39 is 0 Å². The van der Waals surface area contributed by atoms with E-state index in [0.717, 1.165) is 15.7 Å². The molecule has 3 heterocycles. The van der Waals surface area contributed by atoms with E-state index in [-0.39, 0.29) is 0 Å². The van der Waals surface area contributed by atoms with Gasteiger partial charge in [-0.05, 0) is 11.8 Å². The maximum Gasteiger partial charge on any atom is 0.184 e. The van der Waals surface area contributed by atoms with Crippen molar-refractivity contribution in [3.63, 3.8) is 0 Å². The van der Waals surface area contributed by atoms with Crippen molar-refractivity contribution in [3.8, 4) is 0 Å². The van der Waals surface area contributed by atoms with Gasteiger partial charge in [0.1, 0.15) is 11.8 Å². The van der Waals surface area contributed by atoms with E-state index in [9.17, 15) is 0 Å². The highest BCUT2D eigenvalue weighted by atomic mass is 32.2. The average molecular weight is 218 g/mol. The fourth-order valence-corrected chi connectivity index (χ4v) is 2.01. The van der Waals surface area contributed by atoms with Gasteiger partial charge in [-0.3, -0.25) is 0 Å². The first-order valence-corrected chi connectivity index (χ1v) is 5.10. The normalized spacial score (nSPS) is 10.9. The van der Waals surface area contributed by atoms with Crippen molar-refractivity contribution in [2.24, 2.45) is 0 Å². The number of imidazole rings is 1. The molecule has 0 fully saturated rings. The molecule has 0 atom stereocenters. The summed E-state index contributed by atoms with van der Waals surface area (Å²) in [5.41, 5.74) is 1.50. The summed E-state index contributed by atoms with van der Waals surface area (Å²) < 4.78 is 5.31. The van der Waals surface area contributed by atoms with Gasteiger partial charge in [0.05, 0.1) is 6.26 Å². The predicted molar refractivity (Wildman–Crippen MR) is 54.5 cm³/mol. The average Bonchev–Trinajstić information content (AvgIpc) is 2.87. The summed E-state index contributed by atoms with van der Waals surface area (Å²) in [6, 6.07) is 1.81. The van der Waals surface area contributed by atoms with E-state index in [1.54, 1.807) is 18.7 Å². The molecular formula is C9H6N4OS. The lowest BCUT2D eigenvalue weighted by Gasteiger charge is -1.96. The van der Waals surface area contributed by atoms with E-state index in [1.165, 1.54) is 18.1 Å². The summed E-state index contributed by atoms with van der Waals surface area (Å²) in [5, 5.41) is 1.55. The van der Waals surface area contributed by atoms with E-state index >= 15 is 0 Å². The van der Waals surface area contributed by atoms with Crippen molar-refractivity contribution in [1.82, 2.24) is 19.9 Å². The molecule has 3 aromatic heterocycles. The molecule has 3 aromatic rings. The molecule has 1 N–H and O–H groups in total. The Morgan fingerprint density at radius 3 is 3.13 bits per heavy atom. The van der Waals surface area contributed by atoms with Gasteiger partial charge in [0.25, 0.3) is 0 Å². The van der Waals surface area contributed by atoms with Crippen LogP contribution < -0.4 is 0 Å². The van der Waals surface area contributed by atoms with Crippen molar-refractivity contribution in [3.05, 3.63) is 31.1 Å². The van der Waals surface area contributed by atoms with Crippen molar-refractivity contribution in [2.45, 2.75) is 10.2 Å². The van der Waals surface area contributed by atoms with Gasteiger partial charge in [-0.1, -0.05) is 0 Å². The van der Waals surface area contributed by atoms with Gasteiger partial charge < -0.3 is 9.40 Å². The minimum absolute atomic E-state index is 0.693. The zero-order chi connectivity index (χ0) is 10.1. The van der Waals surface area contributed by atoms with Crippen LogP contribution in [0, 0.1) is 0 Å². The fourth-order valence-electron chi connectivity index (χ4n) is 1.24. The number of hydrogen-bond donors (Lipinski definition) is 1. The van der Waals surface area contributed by atoms with Crippen LogP contribution in [0.4, 0.5) is 0 Å². The van der Waals surface area contributed by atoms with Crippen LogP contribution in [0.15, 0.2) is 45.7 Å². The second-order valence-electron chi connectivity index (χ2n) is 2.81. The molecule has 0 aliphatic rings. The van der Waals surface area contributed by atoms with Crippen molar-refractivity contribution >= 4 is 22.9 Å². The third kappa shape index (κ3) is 1.48. The molecule has 0 saturated carbocycles. The Balaban J connectivity index is 2.07. The van der Waals surface area contributed by atoms with E-state index in [1.807, 2.05) is 6.07 Å². The number of H-pyrrole nitrogens is 1. The Morgan fingerprint density at radius 2 is 2.27 bits per heavy atom. The largest absolute Gasteiger partial charge is 0.460 e. The number of nitrogens with one attached hydrogen (secondary N) is 1. The summed E-state index contributed by atoms with van der Waals surface area (Å²) in [4.78, 5) is 15.3. The van der Waals surface area contributed by atoms with Gasteiger partial charge in [0.15, 0.2) is 15.8 Å². The lowest BCUT2D eigenvalue weighted by atomic mass is 10.5. The standard InChI is InChI=1S/C9H6N4OS/c1-4-14-7-6(1)12-5-13-8(7)15-9-10-2-3-11-9/h1-5H,(H,10,11). The van der Waals surface area contributed by atoms with Crippen LogP contribution in [0.3, 0.4) is 0 Å². The highest BCUT2D eigenvalue weighted by Gasteiger charge is 2.09. The number of fused-ring (bicyclic) bond motifs is 1. The van der Waals surface area contributed by atoms with Gasteiger partial charge in [0.2, 0.25) is 0 Å². The van der Waals surface area contributed by atoms with Gasteiger partial charge in [-0.25, -0.2) is 15.0 Å². The molecule has 0 bridgehead atoms. The summed E-state index contributed by atoms with van der Waals surface area (Å²) in [5.74, 6) is 0. The number of rotatable bonds is 2. The fraction of sp³-hybridized carbons (Fsp3) is 0. The molecule has 15 heavy (non-hydrogen) atoms. The van der Waals surface area contributed by atoms with Crippen LogP contribution in [0.1, 0.15) is 0 Å². The summed E-state index contributed by atoms with van der Waals surface area (Å²) >= 11 is 1.42. The molecule has 0 aliphatic carbocycles. The Labute approximate surface area is 89.0 Å². The highest BCUT2D eigenvalue weighted by molar-refractivity contribution is 7.99. The van der Waals surface area contributed by atoms with Crippen LogP contribution in [-0.2, 0) is 0 Å². The zero-order valence-corrected chi connectivity index (χ0v) is 8.36. The second-order valence-corrected chi connectivity index (χ2v) is 3.79. The quantitative estimate of drug-likeness (QED) is 0.667. The van der Waals surface area contributed by atoms with Crippen molar-refractivity contribution in [2.75, 3.05) is 0 Å². The Kier molecular flexibility index (Phi) is 1.92. The highest BCUT2D eigenvalue weighted by Crippen LogP contribution is 2.28. The predicted octanol–water partition coefficient (Wildman–Crippen LogP) is 2.10. The molecule has 3 rings (SSSR count).